The van der Waals surface area contributed by atoms with Crippen molar-refractivity contribution in [1.82, 2.24) is 16.0 Å². The minimum Gasteiger partial charge on any atom is -0.481 e. The number of hydrogen-bond donors (Lipinski definition) is 7. The van der Waals surface area contributed by atoms with Crippen LogP contribution < -0.4 is 21.7 Å². The molecule has 0 aromatic heterocycles. The molecule has 5 rings (SSSR count). The fourth-order valence-electron chi connectivity index (χ4n) is 9.08. The van der Waals surface area contributed by atoms with E-state index in [1.165, 1.54) is 36.8 Å². The third kappa shape index (κ3) is 9.01. The molecule has 1 saturated carbocycles. The zero-order chi connectivity index (χ0) is 30.6. The molecule has 8 heteroatoms. The predicted molar refractivity (Wildman–Crippen MR) is 171 cm³/mol. The number of nitrogens with two attached hydrogens (primary N) is 1. The highest BCUT2D eigenvalue weighted by molar-refractivity contribution is 5.68. The standard InChI is InChI=1S/C35H58N4O4/c1-23-31(40)13-12-30(38-23)27-11-10-26-9-4-3-5-14-35(43,21-33(41)42)22-37-34(2)19-29(39-32(36)20-34)17-25-8-6-7-24(15-25)16-28(26)18-27/h6-8,15,23,26-32,37-40,43H,3-5,9-14,16-22,36H2,1-2H3,(H,41,42)/t23-,26-,27+,28-,29+,30-,31+,32+,34+,35+/m0/s1. The van der Waals surface area contributed by atoms with Crippen molar-refractivity contribution in [3.8, 4) is 0 Å². The second-order valence-corrected chi connectivity index (χ2v) is 15.2. The van der Waals surface area contributed by atoms with Gasteiger partial charge in [-0.15, -0.1) is 0 Å². The SMILES string of the molecule is C[C@@H]1N[C@H]([C@@H]2CC[C@@H]3CCCCC[C@@](O)(CC(=O)O)CN[C@]4(C)C[C@@H](Cc5cccc(c5)C[C@H]3C2)N[C@@H](N)C4)CC[C@H]1O. The van der Waals surface area contributed by atoms with Gasteiger partial charge >= 0.3 is 5.97 Å². The number of rotatable bonds is 3. The third-order valence-corrected chi connectivity index (χ3v) is 11.4. The van der Waals surface area contributed by atoms with Crippen LogP contribution in [0.2, 0.25) is 0 Å². The summed E-state index contributed by atoms with van der Waals surface area (Å²) in [6, 6.07) is 10.0. The Kier molecular flexibility index (Phi) is 10.9. The average molecular weight is 599 g/mol. The summed E-state index contributed by atoms with van der Waals surface area (Å²) in [6.45, 7) is 4.55. The van der Waals surface area contributed by atoms with Gasteiger partial charge in [-0.2, -0.15) is 0 Å². The lowest BCUT2D eigenvalue weighted by Gasteiger charge is -2.44. The van der Waals surface area contributed by atoms with Crippen molar-refractivity contribution < 1.29 is 20.1 Å². The summed E-state index contributed by atoms with van der Waals surface area (Å²) in [5.41, 5.74) is 7.72. The molecule has 43 heavy (non-hydrogen) atoms. The molecule has 8 N–H and O–H groups in total. The number of aliphatic carboxylic acids is 1. The van der Waals surface area contributed by atoms with Crippen molar-refractivity contribution in [3.63, 3.8) is 0 Å². The summed E-state index contributed by atoms with van der Waals surface area (Å²) in [7, 11) is 0. The molecule has 1 aromatic rings. The van der Waals surface area contributed by atoms with Crippen LogP contribution >= 0.6 is 0 Å². The molecule has 1 aliphatic carbocycles. The number of piperidine rings is 2. The normalized spacial score (nSPS) is 41.8. The van der Waals surface area contributed by atoms with Gasteiger partial charge in [0.15, 0.2) is 0 Å². The number of aliphatic hydroxyl groups excluding tert-OH is 1. The first-order valence-electron chi connectivity index (χ1n) is 17.2. The van der Waals surface area contributed by atoms with Gasteiger partial charge in [-0.25, -0.2) is 0 Å². The Hall–Kier alpha value is -1.55. The zero-order valence-corrected chi connectivity index (χ0v) is 26.6. The maximum absolute atomic E-state index is 11.7. The van der Waals surface area contributed by atoms with E-state index in [4.69, 9.17) is 5.73 Å². The number of β-amino-alcohol motifs (C(OH)–C–C–N with tert-alkyl or cyclic N) is 1. The van der Waals surface area contributed by atoms with Gasteiger partial charge in [0.2, 0.25) is 0 Å². The molecular formula is C35H58N4O4. The zero-order valence-electron chi connectivity index (χ0n) is 26.6. The van der Waals surface area contributed by atoms with E-state index in [9.17, 15) is 20.1 Å². The number of hydrogen-bond acceptors (Lipinski definition) is 7. The van der Waals surface area contributed by atoms with Crippen LogP contribution in [0.4, 0.5) is 0 Å². The van der Waals surface area contributed by atoms with E-state index in [0.29, 0.717) is 30.2 Å². The molecule has 8 nitrogen and oxygen atoms in total. The van der Waals surface area contributed by atoms with Crippen LogP contribution in [0.5, 0.6) is 0 Å². The van der Waals surface area contributed by atoms with Crippen molar-refractivity contribution in [3.05, 3.63) is 35.4 Å². The van der Waals surface area contributed by atoms with Crippen LogP contribution in [0.25, 0.3) is 0 Å². The van der Waals surface area contributed by atoms with Gasteiger partial charge in [0.05, 0.1) is 24.3 Å². The lowest BCUT2D eigenvalue weighted by molar-refractivity contribution is -0.143. The molecule has 2 saturated heterocycles. The minimum atomic E-state index is -1.27. The Morgan fingerprint density at radius 3 is 2.51 bits per heavy atom. The Labute approximate surface area is 259 Å². The Balaban J connectivity index is 1.35. The van der Waals surface area contributed by atoms with Crippen molar-refractivity contribution in [2.75, 3.05) is 6.54 Å². The van der Waals surface area contributed by atoms with Gasteiger partial charge in [0, 0.05) is 30.2 Å². The Bertz CT molecular complexity index is 1070. The summed E-state index contributed by atoms with van der Waals surface area (Å²) in [6.07, 6.45) is 13.3. The summed E-state index contributed by atoms with van der Waals surface area (Å²) in [5.74, 6) is 1.02. The molecule has 4 bridgehead atoms. The molecular weight excluding hydrogens is 540 g/mol. The number of carbonyl (C=O) groups is 1. The van der Waals surface area contributed by atoms with E-state index >= 15 is 0 Å². The number of carboxylic acid groups (broad SMARTS) is 1. The quantitative estimate of drug-likeness (QED) is 0.278. The van der Waals surface area contributed by atoms with E-state index in [1.807, 2.05) is 0 Å². The van der Waals surface area contributed by atoms with Crippen molar-refractivity contribution in [2.45, 2.75) is 152 Å². The molecule has 0 radical (unpaired) electrons. The van der Waals surface area contributed by atoms with Crippen LogP contribution in [0.15, 0.2) is 24.3 Å². The van der Waals surface area contributed by atoms with Crippen molar-refractivity contribution in [2.24, 2.45) is 23.5 Å². The highest BCUT2D eigenvalue weighted by Gasteiger charge is 2.40. The number of nitrogens with one attached hydrogen (secondary N) is 3. The second-order valence-electron chi connectivity index (χ2n) is 15.2. The third-order valence-electron chi connectivity index (χ3n) is 11.4. The van der Waals surface area contributed by atoms with Gasteiger partial charge in [0.25, 0.3) is 0 Å². The number of carboxylic acids is 1. The fraction of sp³-hybridized carbons (Fsp3) is 0.800. The van der Waals surface area contributed by atoms with Gasteiger partial charge in [-0.1, -0.05) is 49.9 Å². The topological polar surface area (TPSA) is 140 Å². The molecule has 4 aliphatic rings. The van der Waals surface area contributed by atoms with E-state index in [2.05, 4.69) is 54.1 Å². The second kappa shape index (κ2) is 14.3. The Morgan fingerprint density at radius 1 is 0.977 bits per heavy atom. The molecule has 3 fully saturated rings. The smallest absolute Gasteiger partial charge is 0.306 e. The van der Waals surface area contributed by atoms with Crippen LogP contribution in [-0.2, 0) is 17.6 Å². The molecule has 3 heterocycles. The van der Waals surface area contributed by atoms with Crippen LogP contribution in [-0.4, -0.2) is 69.4 Å². The van der Waals surface area contributed by atoms with E-state index in [-0.39, 0.29) is 42.9 Å². The number of fused-ring (bicyclic) bond motifs is 5. The summed E-state index contributed by atoms with van der Waals surface area (Å²) < 4.78 is 0. The van der Waals surface area contributed by atoms with Gasteiger partial charge in [-0.3, -0.25) is 10.1 Å². The highest BCUT2D eigenvalue weighted by Crippen LogP contribution is 2.42. The van der Waals surface area contributed by atoms with Gasteiger partial charge in [-0.05, 0) is 107 Å². The Morgan fingerprint density at radius 2 is 1.74 bits per heavy atom. The minimum absolute atomic E-state index is 0.158. The molecule has 3 aliphatic heterocycles. The van der Waals surface area contributed by atoms with Crippen LogP contribution in [0.1, 0.15) is 108 Å². The average Bonchev–Trinajstić information content (AvgIpc) is 2.93. The molecule has 0 spiro atoms. The van der Waals surface area contributed by atoms with Gasteiger partial charge < -0.3 is 31.7 Å². The molecule has 0 unspecified atom stereocenters. The molecule has 1 aromatic carbocycles. The number of aliphatic hydroxyl groups is 2. The van der Waals surface area contributed by atoms with Crippen molar-refractivity contribution in [1.29, 1.82) is 0 Å². The summed E-state index contributed by atoms with van der Waals surface area (Å²) in [4.78, 5) is 11.7. The van der Waals surface area contributed by atoms with Gasteiger partial charge in [0.1, 0.15) is 0 Å². The monoisotopic (exact) mass is 598 g/mol. The largest absolute Gasteiger partial charge is 0.481 e. The highest BCUT2D eigenvalue weighted by atomic mass is 16.4. The predicted octanol–water partition coefficient (Wildman–Crippen LogP) is 3.86. The first-order chi connectivity index (χ1) is 20.5. The fourth-order valence-corrected chi connectivity index (χ4v) is 9.08. The van der Waals surface area contributed by atoms with E-state index < -0.39 is 11.6 Å². The lowest BCUT2D eigenvalue weighted by Crippen LogP contribution is -2.63. The van der Waals surface area contributed by atoms with E-state index in [0.717, 1.165) is 57.8 Å². The molecule has 242 valence electrons. The van der Waals surface area contributed by atoms with Crippen molar-refractivity contribution >= 4 is 5.97 Å². The lowest BCUT2D eigenvalue weighted by atomic mass is 9.67. The summed E-state index contributed by atoms with van der Waals surface area (Å²) >= 11 is 0. The van der Waals surface area contributed by atoms with Crippen LogP contribution in [0.3, 0.4) is 0 Å². The molecule has 0 amide bonds. The van der Waals surface area contributed by atoms with E-state index in [1.54, 1.807) is 0 Å². The first-order valence-corrected chi connectivity index (χ1v) is 17.2. The maximum Gasteiger partial charge on any atom is 0.306 e. The maximum atomic E-state index is 11.7. The summed E-state index contributed by atoms with van der Waals surface area (Å²) in [5, 5.41) is 42.3. The number of benzene rings is 1. The molecule has 10 atom stereocenters. The first kappa shape index (κ1) is 32.8. The van der Waals surface area contributed by atoms with Crippen LogP contribution in [0, 0.1) is 17.8 Å².